The Bertz CT molecular complexity index is 674. The van der Waals surface area contributed by atoms with Gasteiger partial charge in [-0.1, -0.05) is 11.6 Å². The van der Waals surface area contributed by atoms with Gasteiger partial charge in [0.15, 0.2) is 0 Å². The van der Waals surface area contributed by atoms with Crippen LogP contribution in [-0.4, -0.2) is 22.0 Å². The number of rotatable bonds is 3. The van der Waals surface area contributed by atoms with E-state index in [9.17, 15) is 9.59 Å². The number of halogens is 2. The number of amides is 1. The molecular weight excluding hydrogens is 348 g/mol. The SMILES string of the molecule is O=C(Nc1cc(Cl)ccc1Br)c1ccc(C(=O)O)nc1. The van der Waals surface area contributed by atoms with E-state index in [0.29, 0.717) is 15.2 Å². The first-order valence-corrected chi connectivity index (χ1v) is 6.60. The molecule has 0 saturated carbocycles. The van der Waals surface area contributed by atoms with E-state index in [1.165, 1.54) is 18.3 Å². The normalized spacial score (nSPS) is 10.1. The van der Waals surface area contributed by atoms with Crippen molar-refractivity contribution < 1.29 is 14.7 Å². The topological polar surface area (TPSA) is 79.3 Å². The molecule has 5 nitrogen and oxygen atoms in total. The van der Waals surface area contributed by atoms with E-state index in [-0.39, 0.29) is 11.3 Å². The molecule has 0 radical (unpaired) electrons. The van der Waals surface area contributed by atoms with Crippen LogP contribution >= 0.6 is 27.5 Å². The average Bonchev–Trinajstić information content (AvgIpc) is 2.43. The molecule has 0 saturated heterocycles. The summed E-state index contributed by atoms with van der Waals surface area (Å²) in [5.74, 6) is -1.55. The monoisotopic (exact) mass is 354 g/mol. The van der Waals surface area contributed by atoms with Crippen molar-refractivity contribution in [3.63, 3.8) is 0 Å². The fourth-order valence-electron chi connectivity index (χ4n) is 1.44. The van der Waals surface area contributed by atoms with Crippen LogP contribution in [0.4, 0.5) is 5.69 Å². The molecule has 7 heteroatoms. The number of carboxylic acids is 1. The zero-order chi connectivity index (χ0) is 14.7. The first-order chi connectivity index (χ1) is 9.47. The average molecular weight is 356 g/mol. The largest absolute Gasteiger partial charge is 0.477 e. The van der Waals surface area contributed by atoms with Gasteiger partial charge in [0.1, 0.15) is 5.69 Å². The highest BCUT2D eigenvalue weighted by Crippen LogP contribution is 2.26. The Morgan fingerprint density at radius 2 is 2.00 bits per heavy atom. The lowest BCUT2D eigenvalue weighted by atomic mass is 10.2. The number of nitrogens with zero attached hydrogens (tertiary/aromatic N) is 1. The standard InChI is InChI=1S/C13H8BrClN2O3/c14-9-3-2-8(15)5-11(9)17-12(18)7-1-4-10(13(19)20)16-6-7/h1-6H,(H,17,18)(H,19,20). The van der Waals surface area contributed by atoms with Crippen molar-refractivity contribution in [1.82, 2.24) is 4.98 Å². The fraction of sp³-hybridized carbons (Fsp3) is 0. The zero-order valence-electron chi connectivity index (χ0n) is 9.93. The van der Waals surface area contributed by atoms with Gasteiger partial charge in [-0.3, -0.25) is 4.79 Å². The van der Waals surface area contributed by atoms with Gasteiger partial charge in [-0.25, -0.2) is 9.78 Å². The van der Waals surface area contributed by atoms with E-state index in [2.05, 4.69) is 26.2 Å². The second-order valence-corrected chi connectivity index (χ2v) is 5.11. The summed E-state index contributed by atoms with van der Waals surface area (Å²) in [5.41, 5.74) is 0.650. The van der Waals surface area contributed by atoms with Crippen LogP contribution < -0.4 is 5.32 Å². The number of aromatic nitrogens is 1. The van der Waals surface area contributed by atoms with Gasteiger partial charge in [0.2, 0.25) is 0 Å². The summed E-state index contributed by atoms with van der Waals surface area (Å²) >= 11 is 9.15. The van der Waals surface area contributed by atoms with Gasteiger partial charge in [0.05, 0.1) is 11.3 Å². The van der Waals surface area contributed by atoms with Crippen molar-refractivity contribution >= 4 is 45.1 Å². The molecule has 1 heterocycles. The summed E-state index contributed by atoms with van der Waals surface area (Å²) < 4.78 is 0.686. The number of carbonyl (C=O) groups excluding carboxylic acids is 1. The third-order valence-corrected chi connectivity index (χ3v) is 3.35. The van der Waals surface area contributed by atoms with E-state index < -0.39 is 11.9 Å². The minimum absolute atomic E-state index is 0.120. The number of pyridine rings is 1. The van der Waals surface area contributed by atoms with E-state index in [1.807, 2.05) is 0 Å². The highest BCUT2D eigenvalue weighted by Gasteiger charge is 2.11. The summed E-state index contributed by atoms with van der Waals surface area (Å²) in [5, 5.41) is 11.9. The van der Waals surface area contributed by atoms with Crippen LogP contribution in [0.2, 0.25) is 5.02 Å². The number of nitrogens with one attached hydrogen (secondary N) is 1. The first-order valence-electron chi connectivity index (χ1n) is 5.43. The van der Waals surface area contributed by atoms with Crippen LogP contribution in [0.5, 0.6) is 0 Å². The highest BCUT2D eigenvalue weighted by atomic mass is 79.9. The van der Waals surface area contributed by atoms with Crippen molar-refractivity contribution in [2.45, 2.75) is 0 Å². The maximum atomic E-state index is 12.0. The molecule has 0 atom stereocenters. The summed E-state index contributed by atoms with van der Waals surface area (Å²) in [6.45, 7) is 0. The maximum Gasteiger partial charge on any atom is 0.354 e. The Morgan fingerprint density at radius 3 is 2.60 bits per heavy atom. The molecular formula is C13H8BrClN2O3. The van der Waals surface area contributed by atoms with Gasteiger partial charge >= 0.3 is 5.97 Å². The smallest absolute Gasteiger partial charge is 0.354 e. The highest BCUT2D eigenvalue weighted by molar-refractivity contribution is 9.10. The van der Waals surface area contributed by atoms with Crippen LogP contribution in [0.1, 0.15) is 20.8 Å². The van der Waals surface area contributed by atoms with Crippen LogP contribution in [-0.2, 0) is 0 Å². The predicted molar refractivity (Wildman–Crippen MR) is 78.3 cm³/mol. The number of carboxylic acid groups (broad SMARTS) is 1. The Labute approximate surface area is 127 Å². The number of anilines is 1. The summed E-state index contributed by atoms with van der Waals surface area (Å²) in [7, 11) is 0. The minimum atomic E-state index is -1.14. The van der Waals surface area contributed by atoms with Gasteiger partial charge in [0, 0.05) is 15.7 Å². The quantitative estimate of drug-likeness (QED) is 0.884. The number of hydrogen-bond acceptors (Lipinski definition) is 3. The summed E-state index contributed by atoms with van der Waals surface area (Å²) in [6.07, 6.45) is 1.21. The molecule has 20 heavy (non-hydrogen) atoms. The molecule has 1 aromatic heterocycles. The van der Waals surface area contributed by atoms with Crippen molar-refractivity contribution in [2.24, 2.45) is 0 Å². The lowest BCUT2D eigenvalue weighted by molar-refractivity contribution is 0.0690. The molecule has 0 unspecified atom stereocenters. The predicted octanol–water partition coefficient (Wildman–Crippen LogP) is 3.45. The third-order valence-electron chi connectivity index (χ3n) is 2.42. The second-order valence-electron chi connectivity index (χ2n) is 3.82. The molecule has 0 fully saturated rings. The van der Waals surface area contributed by atoms with Gasteiger partial charge < -0.3 is 10.4 Å². The van der Waals surface area contributed by atoms with E-state index >= 15 is 0 Å². The van der Waals surface area contributed by atoms with Crippen LogP contribution in [0.15, 0.2) is 41.0 Å². The molecule has 0 bridgehead atoms. The van der Waals surface area contributed by atoms with E-state index in [1.54, 1.807) is 18.2 Å². The van der Waals surface area contributed by atoms with Crippen molar-refractivity contribution in [3.05, 3.63) is 57.3 Å². The number of hydrogen-bond donors (Lipinski definition) is 2. The Hall–Kier alpha value is -1.92. The zero-order valence-corrected chi connectivity index (χ0v) is 12.3. The number of benzene rings is 1. The van der Waals surface area contributed by atoms with Gasteiger partial charge in [0.25, 0.3) is 5.91 Å². The molecule has 0 aliphatic heterocycles. The summed E-state index contributed by atoms with van der Waals surface area (Å²) in [6, 6.07) is 7.66. The first kappa shape index (κ1) is 14.5. The lowest BCUT2D eigenvalue weighted by Gasteiger charge is -2.07. The molecule has 102 valence electrons. The molecule has 0 spiro atoms. The van der Waals surface area contributed by atoms with Crippen molar-refractivity contribution in [1.29, 1.82) is 0 Å². The molecule has 2 rings (SSSR count). The Kier molecular flexibility index (Phi) is 4.36. The van der Waals surface area contributed by atoms with E-state index in [0.717, 1.165) is 0 Å². The number of aromatic carboxylic acids is 1. The van der Waals surface area contributed by atoms with Crippen LogP contribution in [0.3, 0.4) is 0 Å². The molecule has 2 N–H and O–H groups in total. The van der Waals surface area contributed by atoms with Crippen LogP contribution in [0.25, 0.3) is 0 Å². The maximum absolute atomic E-state index is 12.0. The summed E-state index contributed by atoms with van der Waals surface area (Å²) in [4.78, 5) is 26.4. The minimum Gasteiger partial charge on any atom is -0.477 e. The lowest BCUT2D eigenvalue weighted by Crippen LogP contribution is -2.13. The molecule has 1 aromatic carbocycles. The Morgan fingerprint density at radius 1 is 1.25 bits per heavy atom. The Balaban J connectivity index is 2.19. The van der Waals surface area contributed by atoms with Crippen molar-refractivity contribution in [2.75, 3.05) is 5.32 Å². The molecule has 2 aromatic rings. The third kappa shape index (κ3) is 3.34. The second kappa shape index (κ2) is 6.02. The van der Waals surface area contributed by atoms with Gasteiger partial charge in [-0.05, 0) is 46.3 Å². The van der Waals surface area contributed by atoms with Gasteiger partial charge in [-0.15, -0.1) is 0 Å². The molecule has 0 aliphatic carbocycles. The number of carbonyl (C=O) groups is 2. The fourth-order valence-corrected chi connectivity index (χ4v) is 1.96. The van der Waals surface area contributed by atoms with E-state index in [4.69, 9.17) is 16.7 Å². The van der Waals surface area contributed by atoms with Crippen LogP contribution in [0, 0.1) is 0 Å². The molecule has 1 amide bonds. The van der Waals surface area contributed by atoms with Gasteiger partial charge in [-0.2, -0.15) is 0 Å². The van der Waals surface area contributed by atoms with Crippen molar-refractivity contribution in [3.8, 4) is 0 Å². The molecule has 0 aliphatic rings.